The van der Waals surface area contributed by atoms with Gasteiger partial charge in [0.1, 0.15) is 5.75 Å². The zero-order chi connectivity index (χ0) is 17.5. The molecule has 1 aromatic carbocycles. The number of hydrogen-bond acceptors (Lipinski definition) is 3. The highest BCUT2D eigenvalue weighted by atomic mass is 19.3. The van der Waals surface area contributed by atoms with Crippen LogP contribution in [0.4, 0.5) is 13.6 Å². The minimum Gasteiger partial charge on any atom is -0.435 e. The molecule has 7 heteroatoms. The average Bonchev–Trinajstić information content (AvgIpc) is 2.44. The number of ketones is 1. The van der Waals surface area contributed by atoms with Crippen LogP contribution in [-0.4, -0.2) is 18.4 Å². The molecule has 1 heterocycles. The fourth-order valence-corrected chi connectivity index (χ4v) is 3.25. The first-order chi connectivity index (χ1) is 11.2. The molecule has 2 amide bonds. The molecule has 1 unspecified atom stereocenters. The van der Waals surface area contributed by atoms with Crippen molar-refractivity contribution in [1.82, 2.24) is 10.6 Å². The molecule has 0 saturated carbocycles. The second-order valence-electron chi connectivity index (χ2n) is 6.81. The predicted octanol–water partition coefficient (Wildman–Crippen LogP) is 3.29. The van der Waals surface area contributed by atoms with Crippen molar-refractivity contribution in [2.24, 2.45) is 5.41 Å². The van der Waals surface area contributed by atoms with Crippen LogP contribution in [0.25, 0.3) is 0 Å². The molecular formula is C17H18F2N2O3. The van der Waals surface area contributed by atoms with Crippen molar-refractivity contribution in [3.05, 3.63) is 41.1 Å². The largest absolute Gasteiger partial charge is 0.435 e. The molecular weight excluding hydrogens is 318 g/mol. The van der Waals surface area contributed by atoms with Crippen molar-refractivity contribution < 1.29 is 23.1 Å². The van der Waals surface area contributed by atoms with Gasteiger partial charge in [0.25, 0.3) is 0 Å². The standard InChI is InChI=1S/C17H18F2N2O3/c1-17(2)7-11-13(12(22)8-17)14(21-16(23)20-11)9-3-5-10(6-4-9)24-15(18)19/h3-6,14-15H,7-8H2,1-2H3,(H2,20,21,23). The first-order valence-electron chi connectivity index (χ1n) is 7.64. The predicted molar refractivity (Wildman–Crippen MR) is 82.5 cm³/mol. The number of benzene rings is 1. The highest BCUT2D eigenvalue weighted by molar-refractivity contribution is 6.01. The summed E-state index contributed by atoms with van der Waals surface area (Å²) in [5.74, 6) is 0.00553. The molecule has 1 atom stereocenters. The van der Waals surface area contributed by atoms with Crippen LogP contribution in [0.3, 0.4) is 0 Å². The molecule has 0 bridgehead atoms. The number of alkyl halides is 2. The molecule has 2 N–H and O–H groups in total. The molecule has 0 spiro atoms. The van der Waals surface area contributed by atoms with Gasteiger partial charge in [0.05, 0.1) is 6.04 Å². The van der Waals surface area contributed by atoms with Crippen molar-refractivity contribution in [2.45, 2.75) is 39.3 Å². The minimum absolute atomic E-state index is 0.0216. The van der Waals surface area contributed by atoms with E-state index in [0.29, 0.717) is 29.7 Å². The van der Waals surface area contributed by atoms with Crippen molar-refractivity contribution >= 4 is 11.8 Å². The highest BCUT2D eigenvalue weighted by Crippen LogP contribution is 2.41. The Bertz CT molecular complexity index is 711. The molecule has 0 saturated heterocycles. The molecule has 1 aliphatic heterocycles. The van der Waals surface area contributed by atoms with E-state index < -0.39 is 12.7 Å². The van der Waals surface area contributed by atoms with Crippen LogP contribution in [0.15, 0.2) is 35.5 Å². The van der Waals surface area contributed by atoms with Gasteiger partial charge in [0.2, 0.25) is 0 Å². The Morgan fingerprint density at radius 2 is 1.83 bits per heavy atom. The summed E-state index contributed by atoms with van der Waals surface area (Å²) in [5, 5.41) is 5.46. The average molecular weight is 336 g/mol. The van der Waals surface area contributed by atoms with E-state index in [-0.39, 0.29) is 23.0 Å². The second kappa shape index (κ2) is 5.89. The van der Waals surface area contributed by atoms with Crippen molar-refractivity contribution in [3.63, 3.8) is 0 Å². The second-order valence-corrected chi connectivity index (χ2v) is 6.81. The van der Waals surface area contributed by atoms with Gasteiger partial charge in [0, 0.05) is 17.7 Å². The van der Waals surface area contributed by atoms with E-state index in [4.69, 9.17) is 0 Å². The summed E-state index contributed by atoms with van der Waals surface area (Å²) in [4.78, 5) is 24.5. The van der Waals surface area contributed by atoms with Crippen LogP contribution in [0.1, 0.15) is 38.3 Å². The third kappa shape index (κ3) is 3.25. The van der Waals surface area contributed by atoms with Gasteiger partial charge < -0.3 is 15.4 Å². The molecule has 0 radical (unpaired) electrons. The van der Waals surface area contributed by atoms with E-state index >= 15 is 0 Å². The van der Waals surface area contributed by atoms with Gasteiger partial charge in [-0.3, -0.25) is 4.79 Å². The summed E-state index contributed by atoms with van der Waals surface area (Å²) >= 11 is 0. The maximum atomic E-state index is 12.6. The molecule has 1 aromatic rings. The maximum absolute atomic E-state index is 12.6. The molecule has 0 aromatic heterocycles. The Kier molecular flexibility index (Phi) is 4.03. The maximum Gasteiger partial charge on any atom is 0.387 e. The number of carbonyl (C=O) groups is 2. The van der Waals surface area contributed by atoms with Crippen LogP contribution >= 0.6 is 0 Å². The lowest BCUT2D eigenvalue weighted by Gasteiger charge is -2.38. The third-order valence-corrected chi connectivity index (χ3v) is 4.19. The highest BCUT2D eigenvalue weighted by Gasteiger charge is 2.40. The van der Waals surface area contributed by atoms with Gasteiger partial charge in [-0.2, -0.15) is 8.78 Å². The summed E-state index contributed by atoms with van der Waals surface area (Å²) in [5.41, 5.74) is 1.61. The number of allylic oxidation sites excluding steroid dienone is 1. The van der Waals surface area contributed by atoms with Gasteiger partial charge in [-0.05, 0) is 29.5 Å². The third-order valence-electron chi connectivity index (χ3n) is 4.19. The number of ether oxygens (including phenoxy) is 1. The van der Waals surface area contributed by atoms with Gasteiger partial charge in [-0.25, -0.2) is 4.79 Å². The van der Waals surface area contributed by atoms with Crippen molar-refractivity contribution in [3.8, 4) is 5.75 Å². The fourth-order valence-electron chi connectivity index (χ4n) is 3.25. The van der Waals surface area contributed by atoms with E-state index in [1.807, 2.05) is 13.8 Å². The Morgan fingerprint density at radius 3 is 2.46 bits per heavy atom. The Balaban J connectivity index is 1.94. The number of hydrogen-bond donors (Lipinski definition) is 2. The van der Waals surface area contributed by atoms with Gasteiger partial charge in [-0.1, -0.05) is 26.0 Å². The Morgan fingerprint density at radius 1 is 1.17 bits per heavy atom. The first kappa shape index (κ1) is 16.4. The molecule has 1 aliphatic carbocycles. The van der Waals surface area contributed by atoms with Gasteiger partial charge in [-0.15, -0.1) is 0 Å². The molecule has 24 heavy (non-hydrogen) atoms. The van der Waals surface area contributed by atoms with Crippen LogP contribution in [0.5, 0.6) is 5.75 Å². The van der Waals surface area contributed by atoms with E-state index in [0.717, 1.165) is 0 Å². The minimum atomic E-state index is -2.90. The zero-order valence-electron chi connectivity index (χ0n) is 13.4. The number of urea groups is 1. The van der Waals surface area contributed by atoms with Crippen LogP contribution in [0, 0.1) is 5.41 Å². The number of nitrogens with one attached hydrogen (secondary N) is 2. The molecule has 5 nitrogen and oxygen atoms in total. The molecule has 2 aliphatic rings. The van der Waals surface area contributed by atoms with Crippen LogP contribution in [0.2, 0.25) is 0 Å². The van der Waals surface area contributed by atoms with E-state index in [1.165, 1.54) is 12.1 Å². The van der Waals surface area contributed by atoms with Crippen molar-refractivity contribution in [2.75, 3.05) is 0 Å². The van der Waals surface area contributed by atoms with Gasteiger partial charge >= 0.3 is 12.6 Å². The summed E-state index contributed by atoms with van der Waals surface area (Å²) in [6, 6.07) is 4.98. The quantitative estimate of drug-likeness (QED) is 0.890. The van der Waals surface area contributed by atoms with E-state index in [2.05, 4.69) is 15.4 Å². The molecule has 128 valence electrons. The number of Topliss-reactive ketones (excluding diaryl/α,β-unsaturated/α-hetero) is 1. The zero-order valence-corrected chi connectivity index (χ0v) is 13.4. The summed E-state index contributed by atoms with van der Waals surface area (Å²) in [6.45, 7) is 1.06. The lowest BCUT2D eigenvalue weighted by Crippen LogP contribution is -2.48. The number of amides is 2. The van der Waals surface area contributed by atoms with Crippen molar-refractivity contribution in [1.29, 1.82) is 0 Å². The SMILES string of the molecule is CC1(C)CC(=O)C2=C(C1)NC(=O)NC2c1ccc(OC(F)F)cc1. The normalized spacial score (nSPS) is 22.8. The lowest BCUT2D eigenvalue weighted by molar-refractivity contribution is -0.118. The topological polar surface area (TPSA) is 67.4 Å². The van der Waals surface area contributed by atoms with E-state index in [1.54, 1.807) is 12.1 Å². The number of halogens is 2. The Hall–Kier alpha value is -2.44. The van der Waals surface area contributed by atoms with Crippen LogP contribution < -0.4 is 15.4 Å². The Labute approximate surface area is 138 Å². The lowest BCUT2D eigenvalue weighted by atomic mass is 9.73. The summed E-state index contributed by atoms with van der Waals surface area (Å²) in [7, 11) is 0. The summed E-state index contributed by atoms with van der Waals surface area (Å²) in [6.07, 6.45) is 0.997. The van der Waals surface area contributed by atoms with Crippen LogP contribution in [-0.2, 0) is 4.79 Å². The van der Waals surface area contributed by atoms with E-state index in [9.17, 15) is 18.4 Å². The monoisotopic (exact) mass is 336 g/mol. The molecule has 0 fully saturated rings. The number of carbonyl (C=O) groups excluding carboxylic acids is 2. The molecule has 3 rings (SSSR count). The first-order valence-corrected chi connectivity index (χ1v) is 7.64. The van der Waals surface area contributed by atoms with Gasteiger partial charge in [0.15, 0.2) is 5.78 Å². The summed E-state index contributed by atoms with van der Waals surface area (Å²) < 4.78 is 28.8. The fraction of sp³-hybridized carbons (Fsp3) is 0.412. The smallest absolute Gasteiger partial charge is 0.387 e. The number of rotatable bonds is 3.